The van der Waals surface area contributed by atoms with Crippen LogP contribution in [0.4, 0.5) is 0 Å². The Labute approximate surface area is 111 Å². The lowest BCUT2D eigenvalue weighted by molar-refractivity contribution is 0.371. The number of ether oxygens (including phenoxy) is 1. The molecule has 1 aromatic rings. The maximum absolute atomic E-state index is 9.68. The first-order valence-corrected chi connectivity index (χ1v) is 6.60. The molecule has 0 bridgehead atoms. The molecule has 0 heterocycles. The number of aromatic hydroxyl groups is 1. The molecule has 0 saturated heterocycles. The summed E-state index contributed by atoms with van der Waals surface area (Å²) in [4.78, 5) is 0. The Kier molecular flexibility index (Phi) is 5.78. The number of halogens is 1. The fraction of sp³-hybridized carbons (Fsp3) is 0.538. The second-order valence-electron chi connectivity index (χ2n) is 4.48. The molecule has 1 rings (SSSR count). The number of benzene rings is 1. The highest BCUT2D eigenvalue weighted by atomic mass is 79.9. The highest BCUT2D eigenvalue weighted by Crippen LogP contribution is 2.35. The number of hydrogen-bond donors (Lipinski definition) is 2. The molecule has 0 aliphatic heterocycles. The van der Waals surface area contributed by atoms with Gasteiger partial charge in [0.1, 0.15) is 0 Å². The Hall–Kier alpha value is -0.740. The van der Waals surface area contributed by atoms with Crippen LogP contribution in [-0.2, 0) is 6.42 Å². The molecule has 4 heteroatoms. The molecular formula is C13H20BrNO2. The Morgan fingerprint density at radius 1 is 1.41 bits per heavy atom. The van der Waals surface area contributed by atoms with E-state index in [0.29, 0.717) is 16.1 Å². The number of phenols is 1. The van der Waals surface area contributed by atoms with Gasteiger partial charge in [-0.3, -0.25) is 0 Å². The van der Waals surface area contributed by atoms with Gasteiger partial charge in [-0.2, -0.15) is 0 Å². The summed E-state index contributed by atoms with van der Waals surface area (Å²) in [5, 5.41) is 13.1. The van der Waals surface area contributed by atoms with Crippen molar-refractivity contribution in [1.29, 1.82) is 0 Å². The second kappa shape index (κ2) is 6.87. The van der Waals surface area contributed by atoms with Gasteiger partial charge in [0.05, 0.1) is 11.6 Å². The van der Waals surface area contributed by atoms with Crippen molar-refractivity contribution in [2.24, 2.45) is 5.92 Å². The summed E-state index contributed by atoms with van der Waals surface area (Å²) in [7, 11) is 1.56. The van der Waals surface area contributed by atoms with Crippen molar-refractivity contribution in [3.05, 3.63) is 22.2 Å². The Balaban J connectivity index is 2.57. The zero-order valence-electron chi connectivity index (χ0n) is 10.6. The summed E-state index contributed by atoms with van der Waals surface area (Å²) >= 11 is 3.32. The van der Waals surface area contributed by atoms with Gasteiger partial charge >= 0.3 is 0 Å². The number of rotatable bonds is 6. The molecule has 0 fully saturated rings. The average Bonchev–Trinajstić information content (AvgIpc) is 2.28. The van der Waals surface area contributed by atoms with Gasteiger partial charge in [0.25, 0.3) is 0 Å². The van der Waals surface area contributed by atoms with Crippen molar-refractivity contribution >= 4 is 15.9 Å². The van der Waals surface area contributed by atoms with Crippen molar-refractivity contribution in [3.63, 3.8) is 0 Å². The van der Waals surface area contributed by atoms with Crippen molar-refractivity contribution in [3.8, 4) is 11.5 Å². The predicted molar refractivity (Wildman–Crippen MR) is 73.8 cm³/mol. The van der Waals surface area contributed by atoms with Crippen LogP contribution in [0.3, 0.4) is 0 Å². The first-order valence-electron chi connectivity index (χ1n) is 5.80. The molecule has 0 unspecified atom stereocenters. The Morgan fingerprint density at radius 3 is 2.71 bits per heavy atom. The standard InChI is InChI=1S/C13H20BrNO2/c1-9(2)8-15-5-4-10-6-11(14)13(16)12(7-10)17-3/h6-7,9,15-16H,4-5,8H2,1-3H3. The largest absolute Gasteiger partial charge is 0.503 e. The molecule has 1 aromatic carbocycles. The van der Waals surface area contributed by atoms with Gasteiger partial charge in [-0.1, -0.05) is 13.8 Å². The summed E-state index contributed by atoms with van der Waals surface area (Å²) in [5.74, 6) is 1.33. The van der Waals surface area contributed by atoms with Crippen LogP contribution in [0.15, 0.2) is 16.6 Å². The quantitative estimate of drug-likeness (QED) is 0.794. The minimum Gasteiger partial charge on any atom is -0.503 e. The van der Waals surface area contributed by atoms with Crippen molar-refractivity contribution < 1.29 is 9.84 Å². The third-order valence-corrected chi connectivity index (χ3v) is 3.06. The van der Waals surface area contributed by atoms with Crippen molar-refractivity contribution in [2.75, 3.05) is 20.2 Å². The molecule has 0 aliphatic carbocycles. The molecule has 96 valence electrons. The molecule has 0 aliphatic rings. The van der Waals surface area contributed by atoms with Crippen LogP contribution in [0.2, 0.25) is 0 Å². The SMILES string of the molecule is COc1cc(CCNCC(C)C)cc(Br)c1O. The van der Waals surface area contributed by atoms with Gasteiger partial charge in [-0.25, -0.2) is 0 Å². The molecule has 17 heavy (non-hydrogen) atoms. The van der Waals surface area contributed by atoms with E-state index in [0.717, 1.165) is 25.1 Å². The van der Waals surface area contributed by atoms with E-state index in [-0.39, 0.29) is 5.75 Å². The number of nitrogens with one attached hydrogen (secondary N) is 1. The number of hydrogen-bond acceptors (Lipinski definition) is 3. The van der Waals surface area contributed by atoms with Crippen LogP contribution in [0.5, 0.6) is 11.5 Å². The second-order valence-corrected chi connectivity index (χ2v) is 5.33. The number of phenolic OH excluding ortho intramolecular Hbond substituents is 1. The maximum atomic E-state index is 9.68. The first-order chi connectivity index (χ1) is 8.04. The minimum absolute atomic E-state index is 0.159. The highest BCUT2D eigenvalue weighted by Gasteiger charge is 2.08. The smallest absolute Gasteiger partial charge is 0.172 e. The lowest BCUT2D eigenvalue weighted by Crippen LogP contribution is -2.22. The maximum Gasteiger partial charge on any atom is 0.172 e. The monoisotopic (exact) mass is 301 g/mol. The van der Waals surface area contributed by atoms with Crippen LogP contribution >= 0.6 is 15.9 Å². The molecule has 0 amide bonds. The van der Waals surface area contributed by atoms with E-state index in [4.69, 9.17) is 4.74 Å². The molecule has 3 nitrogen and oxygen atoms in total. The van der Waals surface area contributed by atoms with E-state index < -0.39 is 0 Å². The zero-order valence-corrected chi connectivity index (χ0v) is 12.2. The average molecular weight is 302 g/mol. The minimum atomic E-state index is 0.159. The normalized spacial score (nSPS) is 10.9. The zero-order chi connectivity index (χ0) is 12.8. The molecule has 2 N–H and O–H groups in total. The highest BCUT2D eigenvalue weighted by molar-refractivity contribution is 9.10. The fourth-order valence-corrected chi connectivity index (χ4v) is 2.04. The lowest BCUT2D eigenvalue weighted by Gasteiger charge is -2.10. The lowest BCUT2D eigenvalue weighted by atomic mass is 10.1. The molecule has 0 aromatic heterocycles. The Morgan fingerprint density at radius 2 is 2.12 bits per heavy atom. The topological polar surface area (TPSA) is 41.5 Å². The third-order valence-electron chi connectivity index (χ3n) is 2.45. The first kappa shape index (κ1) is 14.3. The van der Waals surface area contributed by atoms with Gasteiger partial charge in [-0.05, 0) is 59.1 Å². The van der Waals surface area contributed by atoms with Crippen molar-refractivity contribution in [1.82, 2.24) is 5.32 Å². The molecule has 0 atom stereocenters. The number of methoxy groups -OCH3 is 1. The van der Waals surface area contributed by atoms with Crippen LogP contribution in [0, 0.1) is 5.92 Å². The van der Waals surface area contributed by atoms with E-state index in [1.54, 1.807) is 7.11 Å². The van der Waals surface area contributed by atoms with E-state index in [2.05, 4.69) is 35.1 Å². The summed E-state index contributed by atoms with van der Waals surface area (Å²) in [6, 6.07) is 3.80. The Bertz CT molecular complexity index is 367. The van der Waals surface area contributed by atoms with Gasteiger partial charge < -0.3 is 15.2 Å². The molecule has 0 saturated carbocycles. The van der Waals surface area contributed by atoms with Gasteiger partial charge in [0.2, 0.25) is 0 Å². The van der Waals surface area contributed by atoms with E-state index in [9.17, 15) is 5.11 Å². The third kappa shape index (κ3) is 4.56. The van der Waals surface area contributed by atoms with Crippen LogP contribution < -0.4 is 10.1 Å². The van der Waals surface area contributed by atoms with E-state index in [1.165, 1.54) is 0 Å². The molecule has 0 radical (unpaired) electrons. The summed E-state index contributed by atoms with van der Waals surface area (Å²) in [6.45, 7) is 6.33. The summed E-state index contributed by atoms with van der Waals surface area (Å²) < 4.78 is 5.79. The fourth-order valence-electron chi connectivity index (χ4n) is 1.55. The van der Waals surface area contributed by atoms with Crippen LogP contribution in [0.1, 0.15) is 19.4 Å². The van der Waals surface area contributed by atoms with E-state index >= 15 is 0 Å². The molecule has 0 spiro atoms. The summed E-state index contributed by atoms with van der Waals surface area (Å²) in [5.41, 5.74) is 1.14. The molecular weight excluding hydrogens is 282 g/mol. The van der Waals surface area contributed by atoms with Crippen LogP contribution in [-0.4, -0.2) is 25.3 Å². The van der Waals surface area contributed by atoms with E-state index in [1.807, 2.05) is 12.1 Å². The van der Waals surface area contributed by atoms with Crippen LogP contribution in [0.25, 0.3) is 0 Å². The predicted octanol–water partition coefficient (Wildman–Crippen LogP) is 2.95. The van der Waals surface area contributed by atoms with Crippen molar-refractivity contribution in [2.45, 2.75) is 20.3 Å². The van der Waals surface area contributed by atoms with Gasteiger partial charge in [-0.15, -0.1) is 0 Å². The summed E-state index contributed by atoms with van der Waals surface area (Å²) in [6.07, 6.45) is 0.919. The van der Waals surface area contributed by atoms with Gasteiger partial charge in [0.15, 0.2) is 11.5 Å². The van der Waals surface area contributed by atoms with Gasteiger partial charge in [0, 0.05) is 0 Å².